The van der Waals surface area contributed by atoms with E-state index in [2.05, 4.69) is 10.0 Å². The minimum atomic E-state index is -3.60. The number of nitrogens with one attached hydrogen (secondary N) is 2. The number of β-amino-alcohol motifs (C(OH)–C–C–N with tert-alkyl or cyclic N) is 1. The molecule has 0 aliphatic carbocycles. The van der Waals surface area contributed by atoms with Gasteiger partial charge < -0.3 is 19.9 Å². The minimum Gasteiger partial charge on any atom is -0.428 e. The molecule has 134 valence electrons. The van der Waals surface area contributed by atoms with Crippen LogP contribution in [0.2, 0.25) is 0 Å². The summed E-state index contributed by atoms with van der Waals surface area (Å²) < 4.78 is 33.0. The van der Waals surface area contributed by atoms with Crippen molar-refractivity contribution in [2.24, 2.45) is 5.14 Å². The number of benzene rings is 1. The van der Waals surface area contributed by atoms with Crippen LogP contribution in [0.3, 0.4) is 0 Å². The van der Waals surface area contributed by atoms with Crippen molar-refractivity contribution in [3.05, 3.63) is 35.4 Å². The largest absolute Gasteiger partial charge is 0.428 e. The molecule has 1 fully saturated rings. The van der Waals surface area contributed by atoms with Crippen LogP contribution < -0.4 is 15.2 Å². The summed E-state index contributed by atoms with van der Waals surface area (Å²) in [7, 11) is -2.09. The lowest BCUT2D eigenvalue weighted by Crippen LogP contribution is -2.40. The number of fused-ring (bicyclic) bond motifs is 4. The fourth-order valence-corrected chi connectivity index (χ4v) is 2.80. The number of ether oxygens (including phenoxy) is 2. The van der Waals surface area contributed by atoms with E-state index in [1.54, 1.807) is 12.1 Å². The SMILES string of the molecule is COC1OC(=O)c2ccc1cc2.NS(=O)(=O)NCC1CC(O)CN1. The Bertz CT molecular complexity index is 664. The lowest BCUT2D eigenvalue weighted by atomic mass is 10.2. The van der Waals surface area contributed by atoms with Gasteiger partial charge in [-0.15, -0.1) is 0 Å². The molecule has 3 aliphatic rings. The lowest BCUT2D eigenvalue weighted by Gasteiger charge is -2.11. The van der Waals surface area contributed by atoms with E-state index in [1.165, 1.54) is 7.11 Å². The second kappa shape index (κ2) is 8.01. The second-order valence-electron chi connectivity index (χ2n) is 5.48. The maximum absolute atomic E-state index is 11.2. The number of nitrogens with two attached hydrogens (primary N) is 1. The highest BCUT2D eigenvalue weighted by Gasteiger charge is 2.22. The van der Waals surface area contributed by atoms with Crippen LogP contribution in [0.1, 0.15) is 28.6 Å². The first-order valence-electron chi connectivity index (χ1n) is 7.31. The van der Waals surface area contributed by atoms with Crippen LogP contribution in [-0.2, 0) is 19.7 Å². The maximum Gasteiger partial charge on any atom is 0.340 e. The smallest absolute Gasteiger partial charge is 0.340 e. The number of carbonyl (C=O) groups is 1. The van der Waals surface area contributed by atoms with Gasteiger partial charge >= 0.3 is 5.97 Å². The molecular weight excluding hydrogens is 338 g/mol. The molecule has 3 aliphatic heterocycles. The average Bonchev–Trinajstić information content (AvgIpc) is 2.82. The Labute approximate surface area is 140 Å². The molecule has 0 saturated carbocycles. The molecule has 3 heterocycles. The Kier molecular flexibility index (Phi) is 6.27. The van der Waals surface area contributed by atoms with Crippen LogP contribution in [-0.4, -0.2) is 51.8 Å². The van der Waals surface area contributed by atoms with Gasteiger partial charge in [0.2, 0.25) is 6.29 Å². The van der Waals surface area contributed by atoms with Gasteiger partial charge in [-0.3, -0.25) is 0 Å². The normalized spacial score (nSPS) is 25.6. The van der Waals surface area contributed by atoms with Crippen LogP contribution in [0.15, 0.2) is 24.3 Å². The molecule has 5 N–H and O–H groups in total. The molecule has 1 aromatic rings. The van der Waals surface area contributed by atoms with Crippen molar-refractivity contribution in [3.63, 3.8) is 0 Å². The fourth-order valence-electron chi connectivity index (χ4n) is 2.36. The molecule has 3 unspecified atom stereocenters. The molecule has 4 rings (SSSR count). The molecule has 2 bridgehead atoms. The first-order chi connectivity index (χ1) is 11.3. The molecule has 0 spiro atoms. The topological polar surface area (TPSA) is 140 Å². The highest BCUT2D eigenvalue weighted by atomic mass is 32.2. The van der Waals surface area contributed by atoms with E-state index in [4.69, 9.17) is 19.7 Å². The summed E-state index contributed by atoms with van der Waals surface area (Å²) in [5, 5.41) is 16.7. The molecule has 0 radical (unpaired) electrons. The third kappa shape index (κ3) is 5.51. The van der Waals surface area contributed by atoms with Crippen LogP contribution in [0.5, 0.6) is 0 Å². The van der Waals surface area contributed by atoms with Crippen molar-refractivity contribution >= 4 is 16.2 Å². The Hall–Kier alpha value is -1.56. The van der Waals surface area contributed by atoms with Crippen molar-refractivity contribution < 1.29 is 27.8 Å². The first-order valence-corrected chi connectivity index (χ1v) is 8.85. The van der Waals surface area contributed by atoms with Crippen LogP contribution >= 0.6 is 0 Å². The Morgan fingerprint density at radius 2 is 2.08 bits per heavy atom. The average molecular weight is 359 g/mol. The van der Waals surface area contributed by atoms with Gasteiger partial charge in [-0.1, -0.05) is 12.1 Å². The lowest BCUT2D eigenvalue weighted by molar-refractivity contribution is -0.0913. The van der Waals surface area contributed by atoms with Crippen molar-refractivity contribution in [1.82, 2.24) is 10.0 Å². The number of carbonyl (C=O) groups excluding carboxylic acids is 1. The van der Waals surface area contributed by atoms with Gasteiger partial charge in [-0.05, 0) is 18.6 Å². The number of aliphatic hydroxyl groups excluding tert-OH is 1. The van der Waals surface area contributed by atoms with E-state index in [0.29, 0.717) is 18.5 Å². The van der Waals surface area contributed by atoms with Crippen molar-refractivity contribution in [1.29, 1.82) is 0 Å². The van der Waals surface area contributed by atoms with Crippen molar-refractivity contribution in [2.45, 2.75) is 24.9 Å². The molecular formula is C14H21N3O6S. The zero-order valence-corrected chi connectivity index (χ0v) is 14.0. The Morgan fingerprint density at radius 1 is 1.42 bits per heavy atom. The monoisotopic (exact) mass is 359 g/mol. The van der Waals surface area contributed by atoms with E-state index >= 15 is 0 Å². The quantitative estimate of drug-likeness (QED) is 0.506. The number of aliphatic hydroxyl groups is 1. The highest BCUT2D eigenvalue weighted by molar-refractivity contribution is 7.87. The van der Waals surface area contributed by atoms with Gasteiger partial charge in [-0.25, -0.2) is 14.7 Å². The van der Waals surface area contributed by atoms with E-state index in [-0.39, 0.29) is 24.7 Å². The van der Waals surface area contributed by atoms with E-state index in [9.17, 15) is 13.2 Å². The zero-order chi connectivity index (χ0) is 17.7. The van der Waals surface area contributed by atoms with Crippen LogP contribution in [0.4, 0.5) is 0 Å². The van der Waals surface area contributed by atoms with Gasteiger partial charge in [0.1, 0.15) is 0 Å². The molecule has 3 atom stereocenters. The molecule has 0 amide bonds. The van der Waals surface area contributed by atoms with E-state index in [0.717, 1.165) is 5.56 Å². The van der Waals surface area contributed by atoms with Crippen LogP contribution in [0.25, 0.3) is 0 Å². The van der Waals surface area contributed by atoms with E-state index < -0.39 is 16.5 Å². The van der Waals surface area contributed by atoms with Gasteiger partial charge in [-0.2, -0.15) is 8.42 Å². The summed E-state index contributed by atoms with van der Waals surface area (Å²) >= 11 is 0. The van der Waals surface area contributed by atoms with Crippen LogP contribution in [0, 0.1) is 0 Å². The first kappa shape index (κ1) is 18.8. The summed E-state index contributed by atoms with van der Waals surface area (Å²) in [6.07, 6.45) is -0.370. The minimum absolute atomic E-state index is 0.0154. The van der Waals surface area contributed by atoms with Gasteiger partial charge in [0.15, 0.2) is 0 Å². The number of esters is 1. The van der Waals surface area contributed by atoms with Gasteiger partial charge in [0.05, 0.1) is 11.7 Å². The predicted molar refractivity (Wildman–Crippen MR) is 85.1 cm³/mol. The van der Waals surface area contributed by atoms with Gasteiger partial charge in [0, 0.05) is 31.8 Å². The molecule has 10 heteroatoms. The summed E-state index contributed by atoms with van der Waals surface area (Å²) in [5.74, 6) is -0.332. The fraction of sp³-hybridized carbons (Fsp3) is 0.500. The predicted octanol–water partition coefficient (Wildman–Crippen LogP) is -0.996. The third-order valence-corrected chi connectivity index (χ3v) is 4.15. The molecule has 9 nitrogen and oxygen atoms in total. The summed E-state index contributed by atoms with van der Waals surface area (Å²) in [6.45, 7) is 0.743. The number of hydrogen-bond donors (Lipinski definition) is 4. The Morgan fingerprint density at radius 3 is 2.58 bits per heavy atom. The van der Waals surface area contributed by atoms with E-state index in [1.807, 2.05) is 12.1 Å². The summed E-state index contributed by atoms with van der Waals surface area (Å²) in [4.78, 5) is 11.2. The van der Waals surface area contributed by atoms with Gasteiger partial charge in [0.25, 0.3) is 10.2 Å². The molecule has 1 aromatic carbocycles. The number of hydrogen-bond acceptors (Lipinski definition) is 7. The van der Waals surface area contributed by atoms with Crippen molar-refractivity contribution in [3.8, 4) is 0 Å². The highest BCUT2D eigenvalue weighted by Crippen LogP contribution is 2.24. The van der Waals surface area contributed by atoms with Crippen molar-refractivity contribution in [2.75, 3.05) is 20.2 Å². The standard InChI is InChI=1S/C9H8O3.C5H13N3O3S/c1-11-9-7-4-2-6(3-5-7)8(10)12-9;6-12(10,11)8-2-4-1-5(9)3-7-4/h2-5,9H,1H3;4-5,7-9H,1-3H2,(H2,6,10,11). The third-order valence-electron chi connectivity index (χ3n) is 3.58. The molecule has 0 aromatic heterocycles. The second-order valence-corrected chi connectivity index (χ2v) is 6.86. The summed E-state index contributed by atoms with van der Waals surface area (Å²) in [5.41, 5.74) is 1.44. The molecule has 1 saturated heterocycles. The number of rotatable bonds is 4. The molecule has 24 heavy (non-hydrogen) atoms. The maximum atomic E-state index is 11.2. The summed E-state index contributed by atoms with van der Waals surface area (Å²) in [6, 6.07) is 7.11. The Balaban J connectivity index is 0.000000174. The zero-order valence-electron chi connectivity index (χ0n) is 13.1. The number of methoxy groups -OCH3 is 1.